The maximum Gasteiger partial charge on any atom is 0.307 e. The Balaban J connectivity index is 0.000000326. The summed E-state index contributed by atoms with van der Waals surface area (Å²) in [6.07, 6.45) is 0.0562. The van der Waals surface area contributed by atoms with Gasteiger partial charge in [0.15, 0.2) is 0 Å². The monoisotopic (exact) mass is 418 g/mol. The van der Waals surface area contributed by atoms with Crippen molar-refractivity contribution in [2.75, 3.05) is 0 Å². The quantitative estimate of drug-likeness (QED) is 0.587. The summed E-state index contributed by atoms with van der Waals surface area (Å²) in [5.74, 6) is -0.696. The van der Waals surface area contributed by atoms with Crippen LogP contribution < -0.4 is 4.43 Å². The maximum absolute atomic E-state index is 10.6. The lowest BCUT2D eigenvalue weighted by Gasteiger charge is -2.36. The average Bonchev–Trinajstić information content (AvgIpc) is 2.57. The summed E-state index contributed by atoms with van der Waals surface area (Å²) >= 11 is 0. The van der Waals surface area contributed by atoms with Gasteiger partial charge in [0.1, 0.15) is 11.5 Å². The molecular weight excluding hydrogens is 388 g/mol. The highest BCUT2D eigenvalue weighted by Gasteiger charge is 2.38. The minimum Gasteiger partial charge on any atom is -0.544 e. The molecule has 2 aromatic carbocycles. The van der Waals surface area contributed by atoms with Gasteiger partial charge in [-0.2, -0.15) is 0 Å². The van der Waals surface area contributed by atoms with Gasteiger partial charge in [0.25, 0.3) is 0 Å². The number of aromatic hydroxyl groups is 1. The number of benzene rings is 2. The molecular formula is C22H30O6Si. The van der Waals surface area contributed by atoms with Crippen molar-refractivity contribution < 1.29 is 29.3 Å². The molecule has 158 valence electrons. The number of hydrogen-bond donors (Lipinski definition) is 3. The van der Waals surface area contributed by atoms with Gasteiger partial charge >= 0.3 is 11.9 Å². The summed E-state index contributed by atoms with van der Waals surface area (Å²) in [6, 6.07) is 13.5. The lowest BCUT2D eigenvalue weighted by molar-refractivity contribution is -0.137. The van der Waals surface area contributed by atoms with Gasteiger partial charge in [-0.25, -0.2) is 0 Å². The zero-order chi connectivity index (χ0) is 22.2. The van der Waals surface area contributed by atoms with Crippen molar-refractivity contribution in [1.82, 2.24) is 0 Å². The lowest BCUT2D eigenvalue weighted by Crippen LogP contribution is -2.43. The second kappa shape index (κ2) is 10.1. The fraction of sp³-hybridized carbons (Fsp3) is 0.364. The lowest BCUT2D eigenvalue weighted by atomic mass is 10.1. The molecule has 0 atom stereocenters. The Morgan fingerprint density at radius 3 is 1.55 bits per heavy atom. The zero-order valence-corrected chi connectivity index (χ0v) is 18.6. The Kier molecular flexibility index (Phi) is 8.45. The van der Waals surface area contributed by atoms with Crippen LogP contribution in [-0.4, -0.2) is 35.6 Å². The molecule has 6 nitrogen and oxygen atoms in total. The van der Waals surface area contributed by atoms with Crippen molar-refractivity contribution >= 4 is 20.3 Å². The second-order valence-electron chi connectivity index (χ2n) is 8.31. The second-order valence-corrected chi connectivity index (χ2v) is 13.0. The van der Waals surface area contributed by atoms with Crippen molar-refractivity contribution in [3.05, 3.63) is 59.7 Å². The Hall–Kier alpha value is -2.80. The van der Waals surface area contributed by atoms with Crippen LogP contribution in [0.15, 0.2) is 48.5 Å². The standard InChI is InChI=1S/C14H22O3Si.C8H8O3/c1-14(2,3)18(4,5)17-12-8-6-11(7-9-12)10-13(15)16;9-7-3-1-6(2-4-7)5-8(10)11/h6-9H,10H2,1-5H3,(H,15,16);1-4,9H,5H2,(H,10,11). The summed E-state index contributed by atoms with van der Waals surface area (Å²) in [4.78, 5) is 20.8. The van der Waals surface area contributed by atoms with Crippen molar-refractivity contribution in [2.24, 2.45) is 0 Å². The number of rotatable bonds is 6. The third-order valence-corrected chi connectivity index (χ3v) is 9.11. The van der Waals surface area contributed by atoms with Crippen LogP contribution in [0.3, 0.4) is 0 Å². The molecule has 7 heteroatoms. The summed E-state index contributed by atoms with van der Waals surface area (Å²) in [7, 11) is -1.81. The molecule has 0 aromatic heterocycles. The van der Waals surface area contributed by atoms with Crippen LogP contribution in [0.4, 0.5) is 0 Å². The molecule has 0 aliphatic carbocycles. The van der Waals surface area contributed by atoms with Gasteiger partial charge in [0, 0.05) is 0 Å². The van der Waals surface area contributed by atoms with Gasteiger partial charge in [-0.05, 0) is 53.5 Å². The molecule has 0 saturated carbocycles. The van der Waals surface area contributed by atoms with Crippen molar-refractivity contribution in [1.29, 1.82) is 0 Å². The third kappa shape index (κ3) is 8.82. The number of carboxylic acid groups (broad SMARTS) is 2. The van der Waals surface area contributed by atoms with Gasteiger partial charge < -0.3 is 19.7 Å². The van der Waals surface area contributed by atoms with E-state index in [0.717, 1.165) is 11.3 Å². The smallest absolute Gasteiger partial charge is 0.307 e. The SMILES string of the molecule is CC(C)(C)[Si](C)(C)Oc1ccc(CC(=O)O)cc1.O=C(O)Cc1ccc(O)cc1. The van der Waals surface area contributed by atoms with Crippen LogP contribution in [-0.2, 0) is 22.4 Å². The Bertz CT molecular complexity index is 805. The summed E-state index contributed by atoms with van der Waals surface area (Å²) in [6.45, 7) is 11.0. The van der Waals surface area contributed by atoms with E-state index in [4.69, 9.17) is 19.7 Å². The van der Waals surface area contributed by atoms with E-state index in [-0.39, 0.29) is 23.6 Å². The maximum atomic E-state index is 10.6. The van der Waals surface area contributed by atoms with E-state index < -0.39 is 20.3 Å². The van der Waals surface area contributed by atoms with E-state index in [9.17, 15) is 9.59 Å². The van der Waals surface area contributed by atoms with Gasteiger partial charge in [-0.1, -0.05) is 45.0 Å². The van der Waals surface area contributed by atoms with Crippen LogP contribution >= 0.6 is 0 Å². The molecule has 0 bridgehead atoms. The highest BCUT2D eigenvalue weighted by atomic mass is 28.4. The van der Waals surface area contributed by atoms with E-state index in [1.54, 1.807) is 12.1 Å². The van der Waals surface area contributed by atoms with E-state index in [1.807, 2.05) is 24.3 Å². The molecule has 0 radical (unpaired) electrons. The highest BCUT2D eigenvalue weighted by molar-refractivity contribution is 6.74. The Morgan fingerprint density at radius 1 is 0.828 bits per heavy atom. The average molecular weight is 419 g/mol. The van der Waals surface area contributed by atoms with E-state index in [2.05, 4.69) is 33.9 Å². The molecule has 2 rings (SSSR count). The van der Waals surface area contributed by atoms with E-state index >= 15 is 0 Å². The van der Waals surface area contributed by atoms with Crippen LogP contribution in [0, 0.1) is 0 Å². The van der Waals surface area contributed by atoms with Gasteiger partial charge in [0.2, 0.25) is 8.32 Å². The van der Waals surface area contributed by atoms with Crippen LogP contribution in [0.25, 0.3) is 0 Å². The fourth-order valence-electron chi connectivity index (χ4n) is 2.09. The first-order valence-electron chi connectivity index (χ1n) is 9.29. The minimum absolute atomic E-state index is 0.000278. The number of phenolic OH excluding ortho intramolecular Hbond substituents is 1. The molecule has 2 aromatic rings. The number of phenols is 1. The van der Waals surface area contributed by atoms with E-state index in [1.165, 1.54) is 12.1 Å². The topological polar surface area (TPSA) is 104 Å². The summed E-state index contributed by atoms with van der Waals surface area (Å²) in [5.41, 5.74) is 1.49. The predicted octanol–water partition coefficient (Wildman–Crippen LogP) is 4.72. The van der Waals surface area contributed by atoms with Gasteiger partial charge in [-0.15, -0.1) is 0 Å². The number of hydrogen-bond acceptors (Lipinski definition) is 4. The predicted molar refractivity (Wildman–Crippen MR) is 115 cm³/mol. The number of carbonyl (C=O) groups is 2. The molecule has 0 fully saturated rings. The fourth-order valence-corrected chi connectivity index (χ4v) is 3.12. The van der Waals surface area contributed by atoms with Crippen LogP contribution in [0.1, 0.15) is 31.9 Å². The number of aliphatic carboxylic acids is 2. The molecule has 0 spiro atoms. The molecule has 0 aliphatic heterocycles. The molecule has 0 aliphatic rings. The highest BCUT2D eigenvalue weighted by Crippen LogP contribution is 2.37. The van der Waals surface area contributed by atoms with Crippen LogP contribution in [0.2, 0.25) is 18.1 Å². The van der Waals surface area contributed by atoms with Crippen molar-refractivity contribution in [2.45, 2.75) is 51.7 Å². The first-order valence-corrected chi connectivity index (χ1v) is 12.2. The van der Waals surface area contributed by atoms with E-state index in [0.29, 0.717) is 5.56 Å². The van der Waals surface area contributed by atoms with Gasteiger partial charge in [0.05, 0.1) is 12.8 Å². The Labute approximate surface area is 172 Å². The number of carboxylic acids is 2. The Morgan fingerprint density at radius 2 is 1.21 bits per heavy atom. The molecule has 0 saturated heterocycles. The van der Waals surface area contributed by atoms with Gasteiger partial charge in [-0.3, -0.25) is 9.59 Å². The first kappa shape index (κ1) is 24.2. The largest absolute Gasteiger partial charge is 0.544 e. The summed E-state index contributed by atoms with van der Waals surface area (Å²) in [5, 5.41) is 26.1. The molecule has 3 N–H and O–H groups in total. The van der Waals surface area contributed by atoms with Crippen molar-refractivity contribution in [3.63, 3.8) is 0 Å². The third-order valence-electron chi connectivity index (χ3n) is 4.75. The summed E-state index contributed by atoms with van der Waals surface area (Å²) < 4.78 is 6.12. The normalized spacial score (nSPS) is 11.2. The molecule has 0 heterocycles. The van der Waals surface area contributed by atoms with Crippen molar-refractivity contribution in [3.8, 4) is 11.5 Å². The minimum atomic E-state index is -1.81. The molecule has 0 amide bonds. The molecule has 29 heavy (non-hydrogen) atoms. The molecule has 0 unspecified atom stereocenters. The first-order chi connectivity index (χ1) is 13.3. The van der Waals surface area contributed by atoms with Crippen LogP contribution in [0.5, 0.6) is 11.5 Å². The zero-order valence-electron chi connectivity index (χ0n) is 17.6.